The molecule has 0 spiro atoms. The Hall–Kier alpha value is -0.190. The first-order valence-corrected chi connectivity index (χ1v) is 2.73. The van der Waals surface area contributed by atoms with Crippen LogP contribution in [0.25, 0.3) is 0 Å². The number of ketones is 2. The summed E-state index contributed by atoms with van der Waals surface area (Å²) in [6, 6.07) is 0. The molecule has 0 bridgehead atoms. The number of carboxylic acids is 1. The van der Waals surface area contributed by atoms with Crippen molar-refractivity contribution < 1.29 is 49.0 Å². The van der Waals surface area contributed by atoms with Gasteiger partial charge in [0, 0.05) is 12.4 Å². The molecule has 0 saturated carbocycles. The maximum absolute atomic E-state index is 10.4. The Kier molecular flexibility index (Phi) is 7.94. The zero-order valence-electron chi connectivity index (χ0n) is 6.55. The number of rotatable bonds is 4. The molecule has 0 aliphatic carbocycles. The van der Waals surface area contributed by atoms with Crippen molar-refractivity contribution in [1.82, 2.24) is 0 Å². The minimum atomic E-state index is -1.44. The summed E-state index contributed by atoms with van der Waals surface area (Å²) < 4.78 is 0. The smallest absolute Gasteiger partial charge is 0.550 e. The van der Waals surface area contributed by atoms with Crippen LogP contribution in [-0.4, -0.2) is 17.5 Å². The van der Waals surface area contributed by atoms with E-state index in [9.17, 15) is 19.5 Å². The SMILES string of the molecule is CC(=O)CC(=O)CC(=O)[O-].[Na+]. The van der Waals surface area contributed by atoms with Crippen LogP contribution in [0.1, 0.15) is 19.8 Å². The average Bonchev–Trinajstić information content (AvgIpc) is 1.58. The largest absolute Gasteiger partial charge is 1.00 e. The van der Waals surface area contributed by atoms with Gasteiger partial charge in [-0.25, -0.2) is 0 Å². The second kappa shape index (κ2) is 6.52. The van der Waals surface area contributed by atoms with Gasteiger partial charge in [-0.05, 0) is 6.92 Å². The summed E-state index contributed by atoms with van der Waals surface area (Å²) >= 11 is 0. The third-order valence-electron chi connectivity index (χ3n) is 0.788. The van der Waals surface area contributed by atoms with Gasteiger partial charge in [0.1, 0.15) is 11.6 Å². The Morgan fingerprint density at radius 3 is 1.91 bits per heavy atom. The van der Waals surface area contributed by atoms with Gasteiger partial charge in [-0.1, -0.05) is 0 Å². The van der Waals surface area contributed by atoms with Gasteiger partial charge in [-0.3, -0.25) is 9.59 Å². The molecule has 0 saturated heterocycles. The van der Waals surface area contributed by atoms with Crippen molar-refractivity contribution in [1.29, 1.82) is 0 Å². The summed E-state index contributed by atoms with van der Waals surface area (Å²) in [5.41, 5.74) is 0. The van der Waals surface area contributed by atoms with Crippen LogP contribution < -0.4 is 34.7 Å². The van der Waals surface area contributed by atoms with E-state index >= 15 is 0 Å². The fourth-order valence-electron chi connectivity index (χ4n) is 0.501. The minimum Gasteiger partial charge on any atom is -0.550 e. The zero-order chi connectivity index (χ0) is 8.15. The zero-order valence-corrected chi connectivity index (χ0v) is 8.55. The Bertz CT molecular complexity index is 157. The van der Waals surface area contributed by atoms with E-state index < -0.39 is 18.2 Å². The average molecular weight is 166 g/mol. The Morgan fingerprint density at radius 1 is 1.18 bits per heavy atom. The van der Waals surface area contributed by atoms with Crippen LogP contribution in [0.3, 0.4) is 0 Å². The molecule has 0 unspecified atom stereocenters. The van der Waals surface area contributed by atoms with Crippen LogP contribution in [0.2, 0.25) is 0 Å². The Labute approximate surface area is 86.3 Å². The van der Waals surface area contributed by atoms with Crippen LogP contribution in [0.15, 0.2) is 0 Å². The molecule has 0 radical (unpaired) electrons. The molecule has 0 aliphatic rings. The van der Waals surface area contributed by atoms with Crippen LogP contribution in [0.5, 0.6) is 0 Å². The van der Waals surface area contributed by atoms with E-state index in [1.165, 1.54) is 6.92 Å². The van der Waals surface area contributed by atoms with Crippen LogP contribution >= 0.6 is 0 Å². The van der Waals surface area contributed by atoms with Crippen molar-refractivity contribution in [2.24, 2.45) is 0 Å². The van der Waals surface area contributed by atoms with Gasteiger partial charge in [0.15, 0.2) is 0 Å². The van der Waals surface area contributed by atoms with Crippen LogP contribution in [0, 0.1) is 0 Å². The van der Waals surface area contributed by atoms with E-state index in [2.05, 4.69) is 0 Å². The van der Waals surface area contributed by atoms with E-state index in [0.29, 0.717) is 0 Å². The molecule has 11 heavy (non-hydrogen) atoms. The van der Waals surface area contributed by atoms with E-state index in [1.54, 1.807) is 0 Å². The third-order valence-corrected chi connectivity index (χ3v) is 0.788. The van der Waals surface area contributed by atoms with E-state index in [0.717, 1.165) is 0 Å². The standard InChI is InChI=1S/C6H8O4.Na/c1-4(7)2-5(8)3-6(9)10;/h2-3H2,1H3,(H,9,10);/q;+1/p-1. The number of hydrogen-bond donors (Lipinski definition) is 0. The quantitative estimate of drug-likeness (QED) is 0.312. The third kappa shape index (κ3) is 9.81. The van der Waals surface area contributed by atoms with E-state index in [1.807, 2.05) is 0 Å². The molecule has 0 aliphatic heterocycles. The minimum absolute atomic E-state index is 0. The fraction of sp³-hybridized carbons (Fsp3) is 0.500. The van der Waals surface area contributed by atoms with Gasteiger partial charge in [0.05, 0.1) is 6.42 Å². The van der Waals surface area contributed by atoms with E-state index in [-0.39, 0.29) is 41.8 Å². The topological polar surface area (TPSA) is 74.3 Å². The Morgan fingerprint density at radius 2 is 1.64 bits per heavy atom. The molecule has 0 fully saturated rings. The van der Waals surface area contributed by atoms with Crippen LogP contribution in [-0.2, 0) is 14.4 Å². The predicted molar refractivity (Wildman–Crippen MR) is 29.9 cm³/mol. The molecule has 0 N–H and O–H groups in total. The number of carbonyl (C=O) groups excluding carboxylic acids is 3. The first-order chi connectivity index (χ1) is 4.52. The molecule has 56 valence electrons. The first kappa shape index (κ1) is 13.4. The monoisotopic (exact) mass is 166 g/mol. The second-order valence-electron chi connectivity index (χ2n) is 1.97. The molecular weight excluding hydrogens is 159 g/mol. The molecule has 0 heterocycles. The van der Waals surface area contributed by atoms with Gasteiger partial charge >= 0.3 is 29.6 Å². The molecular formula is C6H7NaO4. The normalized spacial score (nSPS) is 8.09. The molecule has 0 aromatic rings. The van der Waals surface area contributed by atoms with Gasteiger partial charge in [-0.2, -0.15) is 0 Å². The van der Waals surface area contributed by atoms with Gasteiger partial charge in [-0.15, -0.1) is 0 Å². The fourth-order valence-corrected chi connectivity index (χ4v) is 0.501. The molecule has 0 atom stereocenters. The van der Waals surface area contributed by atoms with Crippen molar-refractivity contribution in [3.8, 4) is 0 Å². The van der Waals surface area contributed by atoms with Crippen molar-refractivity contribution in [3.05, 3.63) is 0 Å². The number of Topliss-reactive ketones (excluding diaryl/α,β-unsaturated/α-hetero) is 2. The van der Waals surface area contributed by atoms with Crippen molar-refractivity contribution >= 4 is 17.5 Å². The van der Waals surface area contributed by atoms with E-state index in [4.69, 9.17) is 0 Å². The van der Waals surface area contributed by atoms with Gasteiger partial charge in [0.2, 0.25) is 0 Å². The van der Waals surface area contributed by atoms with Gasteiger partial charge < -0.3 is 9.90 Å². The number of carbonyl (C=O) groups is 3. The Balaban J connectivity index is 0. The molecule has 0 amide bonds. The van der Waals surface area contributed by atoms with Gasteiger partial charge in [0.25, 0.3) is 0 Å². The maximum atomic E-state index is 10.4. The number of hydrogen-bond acceptors (Lipinski definition) is 4. The van der Waals surface area contributed by atoms with Crippen molar-refractivity contribution in [2.75, 3.05) is 0 Å². The number of carboxylic acid groups (broad SMARTS) is 1. The predicted octanol–water partition coefficient (Wildman–Crippen LogP) is -4.32. The van der Waals surface area contributed by atoms with Crippen molar-refractivity contribution in [2.45, 2.75) is 19.8 Å². The second-order valence-corrected chi connectivity index (χ2v) is 1.97. The summed E-state index contributed by atoms with van der Waals surface area (Å²) in [6.45, 7) is 1.23. The molecule has 0 rings (SSSR count). The molecule has 4 nitrogen and oxygen atoms in total. The van der Waals surface area contributed by atoms with Crippen molar-refractivity contribution in [3.63, 3.8) is 0 Å². The first-order valence-electron chi connectivity index (χ1n) is 2.73. The summed E-state index contributed by atoms with van der Waals surface area (Å²) in [6.07, 6.45) is -0.979. The molecule has 5 heteroatoms. The molecule has 0 aromatic heterocycles. The summed E-state index contributed by atoms with van der Waals surface area (Å²) in [4.78, 5) is 30.4. The van der Waals surface area contributed by atoms with Crippen LogP contribution in [0.4, 0.5) is 0 Å². The maximum Gasteiger partial charge on any atom is 1.00 e. The summed E-state index contributed by atoms with van der Waals surface area (Å²) in [5.74, 6) is -2.37. The summed E-state index contributed by atoms with van der Waals surface area (Å²) in [7, 11) is 0. The molecule has 0 aromatic carbocycles. The summed E-state index contributed by atoms with van der Waals surface area (Å²) in [5, 5.41) is 9.75. The number of aliphatic carboxylic acids is 1.